The van der Waals surface area contributed by atoms with Gasteiger partial charge in [-0.05, 0) is 66.3 Å². The predicted molar refractivity (Wildman–Crippen MR) is 97.7 cm³/mol. The second-order valence-corrected chi connectivity index (χ2v) is 7.01. The van der Waals surface area contributed by atoms with Crippen molar-refractivity contribution in [1.29, 1.82) is 0 Å². The fourth-order valence-electron chi connectivity index (χ4n) is 2.82. The fraction of sp³-hybridized carbons (Fsp3) is 0.167. The average molecular weight is 358 g/mol. The Labute approximate surface area is 146 Å². The second-order valence-electron chi connectivity index (χ2n) is 5.86. The van der Waals surface area contributed by atoms with Crippen LogP contribution in [0.4, 0.5) is 11.4 Å². The van der Waals surface area contributed by atoms with E-state index in [0.29, 0.717) is 0 Å². The topological polar surface area (TPSA) is 95.5 Å². The van der Waals surface area contributed by atoms with Gasteiger partial charge in [-0.3, -0.25) is 14.1 Å². The number of anilines is 2. The minimum Gasteiger partial charge on any atom is -0.323 e. The van der Waals surface area contributed by atoms with Gasteiger partial charge in [-0.15, -0.1) is 0 Å². The number of carbonyl (C=O) groups is 1. The zero-order chi connectivity index (χ0) is 17.9. The van der Waals surface area contributed by atoms with E-state index in [1.54, 1.807) is 18.2 Å². The molecule has 2 aromatic rings. The fourth-order valence-corrected chi connectivity index (χ4v) is 3.25. The molecule has 1 aliphatic rings. The molecule has 0 aromatic heterocycles. The summed E-state index contributed by atoms with van der Waals surface area (Å²) < 4.78 is 32.1. The van der Waals surface area contributed by atoms with Crippen LogP contribution in [0.2, 0.25) is 0 Å². The number of hydrogen-bond acceptors (Lipinski definition) is 3. The highest BCUT2D eigenvalue weighted by atomic mass is 32.2. The summed E-state index contributed by atoms with van der Waals surface area (Å²) in [5.41, 5.74) is 4.39. The van der Waals surface area contributed by atoms with Crippen LogP contribution in [0.1, 0.15) is 23.1 Å². The van der Waals surface area contributed by atoms with E-state index in [2.05, 4.69) is 11.4 Å². The van der Waals surface area contributed by atoms with Crippen molar-refractivity contribution in [1.82, 2.24) is 0 Å². The minimum absolute atomic E-state index is 0.238. The van der Waals surface area contributed by atoms with Gasteiger partial charge >= 0.3 is 10.3 Å². The maximum absolute atomic E-state index is 12.0. The van der Waals surface area contributed by atoms with Gasteiger partial charge in [-0.1, -0.05) is 18.2 Å². The molecular weight excluding hydrogens is 340 g/mol. The summed E-state index contributed by atoms with van der Waals surface area (Å²) in [5.74, 6) is -0.238. The first-order valence-electron chi connectivity index (χ1n) is 7.85. The second kappa shape index (κ2) is 7.08. The van der Waals surface area contributed by atoms with Crippen molar-refractivity contribution >= 4 is 33.7 Å². The summed E-state index contributed by atoms with van der Waals surface area (Å²) in [4.78, 5) is 12.0. The van der Waals surface area contributed by atoms with Gasteiger partial charge in [0.15, 0.2) is 0 Å². The third-order valence-electron chi connectivity index (χ3n) is 3.95. The van der Waals surface area contributed by atoms with Crippen LogP contribution in [0.5, 0.6) is 0 Å². The standard InChI is InChI=1S/C18H18N2O4S/c21-18(19-17-10-7-14-2-1-3-15(14)12-17)11-6-13-4-8-16(9-5-13)20-25(22,23)24/h4-12,20H,1-3H2,(H,19,21)(H,22,23,24)/b11-6+. The van der Waals surface area contributed by atoms with Gasteiger partial charge in [0.05, 0.1) is 5.69 Å². The van der Waals surface area contributed by atoms with E-state index in [9.17, 15) is 13.2 Å². The van der Waals surface area contributed by atoms with Gasteiger partial charge < -0.3 is 5.32 Å². The first kappa shape index (κ1) is 17.2. The number of carbonyl (C=O) groups excluding carboxylic acids is 1. The predicted octanol–water partition coefficient (Wildman–Crippen LogP) is 3.04. The van der Waals surface area contributed by atoms with E-state index < -0.39 is 10.3 Å². The smallest absolute Gasteiger partial charge is 0.323 e. The van der Waals surface area contributed by atoms with Crippen molar-refractivity contribution in [3.8, 4) is 0 Å². The Kier molecular flexibility index (Phi) is 4.87. The summed E-state index contributed by atoms with van der Waals surface area (Å²) in [6.45, 7) is 0. The summed E-state index contributed by atoms with van der Waals surface area (Å²) in [5, 5.41) is 2.83. The molecule has 3 rings (SSSR count). The monoisotopic (exact) mass is 358 g/mol. The van der Waals surface area contributed by atoms with E-state index >= 15 is 0 Å². The SMILES string of the molecule is O=C(/C=C/c1ccc(NS(=O)(=O)O)cc1)Nc1ccc2c(c1)CCC2. The van der Waals surface area contributed by atoms with Crippen LogP contribution in [-0.4, -0.2) is 18.9 Å². The Morgan fingerprint density at radius 1 is 1.00 bits per heavy atom. The number of nitrogens with one attached hydrogen (secondary N) is 2. The molecule has 0 aliphatic heterocycles. The maximum Gasteiger partial charge on any atom is 0.357 e. The maximum atomic E-state index is 12.0. The highest BCUT2D eigenvalue weighted by molar-refractivity contribution is 7.87. The summed E-state index contributed by atoms with van der Waals surface area (Å²) >= 11 is 0. The molecule has 1 amide bonds. The van der Waals surface area contributed by atoms with Gasteiger partial charge in [-0.25, -0.2) is 0 Å². The molecule has 0 saturated carbocycles. The molecule has 0 heterocycles. The Balaban J connectivity index is 1.60. The first-order chi connectivity index (χ1) is 11.9. The van der Waals surface area contributed by atoms with Crippen molar-refractivity contribution in [3.63, 3.8) is 0 Å². The lowest BCUT2D eigenvalue weighted by Crippen LogP contribution is -2.10. The zero-order valence-electron chi connectivity index (χ0n) is 13.4. The molecule has 0 saturated heterocycles. The molecule has 130 valence electrons. The lowest BCUT2D eigenvalue weighted by atomic mass is 10.1. The number of aryl methyl sites for hydroxylation is 2. The van der Waals surface area contributed by atoms with Crippen LogP contribution in [0.3, 0.4) is 0 Å². The molecule has 3 N–H and O–H groups in total. The minimum atomic E-state index is -4.29. The summed E-state index contributed by atoms with van der Waals surface area (Å²) in [7, 11) is -4.29. The molecule has 2 aromatic carbocycles. The van der Waals surface area contributed by atoms with Crippen LogP contribution < -0.4 is 10.0 Å². The van der Waals surface area contributed by atoms with E-state index in [4.69, 9.17) is 4.55 Å². The lowest BCUT2D eigenvalue weighted by molar-refractivity contribution is -0.111. The number of benzene rings is 2. The molecule has 0 radical (unpaired) electrons. The van der Waals surface area contributed by atoms with Crippen LogP contribution >= 0.6 is 0 Å². The van der Waals surface area contributed by atoms with Gasteiger partial charge in [-0.2, -0.15) is 8.42 Å². The van der Waals surface area contributed by atoms with Gasteiger partial charge in [0.25, 0.3) is 0 Å². The third-order valence-corrected chi connectivity index (χ3v) is 4.44. The lowest BCUT2D eigenvalue weighted by Gasteiger charge is -2.05. The van der Waals surface area contributed by atoms with E-state index in [0.717, 1.165) is 30.5 Å². The molecule has 0 spiro atoms. The Hall–Kier alpha value is -2.64. The van der Waals surface area contributed by atoms with Crippen LogP contribution in [0.25, 0.3) is 6.08 Å². The molecule has 7 heteroatoms. The normalized spacial score (nSPS) is 13.6. The molecule has 0 fully saturated rings. The molecule has 0 unspecified atom stereocenters. The highest BCUT2D eigenvalue weighted by Crippen LogP contribution is 2.24. The number of rotatable bonds is 5. The molecule has 6 nitrogen and oxygen atoms in total. The number of fused-ring (bicyclic) bond motifs is 1. The van der Waals surface area contributed by atoms with E-state index in [1.807, 2.05) is 16.9 Å². The average Bonchev–Trinajstić information content (AvgIpc) is 3.00. The van der Waals surface area contributed by atoms with Crippen molar-refractivity contribution in [2.24, 2.45) is 0 Å². The van der Waals surface area contributed by atoms with E-state index in [1.165, 1.54) is 29.3 Å². The molecule has 25 heavy (non-hydrogen) atoms. The Morgan fingerprint density at radius 2 is 1.68 bits per heavy atom. The van der Waals surface area contributed by atoms with Crippen molar-refractivity contribution < 1.29 is 17.8 Å². The van der Waals surface area contributed by atoms with Crippen LogP contribution in [0.15, 0.2) is 48.5 Å². The number of amides is 1. The third kappa shape index (κ3) is 4.91. The molecular formula is C18H18N2O4S. The number of hydrogen-bond donors (Lipinski definition) is 3. The zero-order valence-corrected chi connectivity index (χ0v) is 14.2. The molecule has 1 aliphatic carbocycles. The highest BCUT2D eigenvalue weighted by Gasteiger charge is 2.11. The van der Waals surface area contributed by atoms with E-state index in [-0.39, 0.29) is 11.6 Å². The van der Waals surface area contributed by atoms with Gasteiger partial charge in [0, 0.05) is 11.8 Å². The van der Waals surface area contributed by atoms with Crippen LogP contribution in [-0.2, 0) is 27.9 Å². The van der Waals surface area contributed by atoms with Crippen molar-refractivity contribution in [3.05, 3.63) is 65.2 Å². The van der Waals surface area contributed by atoms with Crippen LogP contribution in [0, 0.1) is 0 Å². The largest absolute Gasteiger partial charge is 0.357 e. The molecule has 0 atom stereocenters. The van der Waals surface area contributed by atoms with Crippen molar-refractivity contribution in [2.75, 3.05) is 10.0 Å². The van der Waals surface area contributed by atoms with Gasteiger partial charge in [0.2, 0.25) is 5.91 Å². The Morgan fingerprint density at radius 3 is 2.40 bits per heavy atom. The summed E-state index contributed by atoms with van der Waals surface area (Å²) in [6.07, 6.45) is 6.36. The quantitative estimate of drug-likeness (QED) is 0.565. The van der Waals surface area contributed by atoms with Crippen molar-refractivity contribution in [2.45, 2.75) is 19.3 Å². The first-order valence-corrected chi connectivity index (χ1v) is 9.29. The Bertz CT molecular complexity index is 919. The van der Waals surface area contributed by atoms with Gasteiger partial charge in [0.1, 0.15) is 0 Å². The summed E-state index contributed by atoms with van der Waals surface area (Å²) in [6, 6.07) is 12.2. The molecule has 0 bridgehead atoms.